The summed E-state index contributed by atoms with van der Waals surface area (Å²) in [5.41, 5.74) is 2.79. The van der Waals surface area contributed by atoms with Gasteiger partial charge in [-0.1, -0.05) is 26.0 Å². The lowest BCUT2D eigenvalue weighted by atomic mass is 9.78. The van der Waals surface area contributed by atoms with E-state index in [2.05, 4.69) is 28.4 Å². The van der Waals surface area contributed by atoms with Gasteiger partial charge in [-0.15, -0.1) is 10.2 Å². The van der Waals surface area contributed by atoms with Crippen LogP contribution >= 0.6 is 0 Å². The van der Waals surface area contributed by atoms with Gasteiger partial charge in [0.05, 0.1) is 6.61 Å². The molecule has 32 heavy (non-hydrogen) atoms. The Labute approximate surface area is 189 Å². The summed E-state index contributed by atoms with van der Waals surface area (Å²) < 4.78 is 48.9. The second-order valence-electron chi connectivity index (χ2n) is 9.15. The van der Waals surface area contributed by atoms with Gasteiger partial charge < -0.3 is 4.74 Å². The van der Waals surface area contributed by atoms with Gasteiger partial charge in [-0.2, -0.15) is 12.7 Å². The van der Waals surface area contributed by atoms with Crippen molar-refractivity contribution in [2.75, 3.05) is 24.4 Å². The molecule has 2 aromatic heterocycles. The molecule has 2 aromatic rings. The van der Waals surface area contributed by atoms with E-state index >= 15 is 0 Å². The topological polar surface area (TPSA) is 88.8 Å². The largest absolute Gasteiger partial charge is 0.493 e. The number of anilines is 1. The summed E-state index contributed by atoms with van der Waals surface area (Å²) in [4.78, 5) is 0. The summed E-state index contributed by atoms with van der Waals surface area (Å²) in [6, 6.07) is 1.79. The lowest BCUT2D eigenvalue weighted by Crippen LogP contribution is -2.53. The zero-order valence-electron chi connectivity index (χ0n) is 18.8. The quantitative estimate of drug-likeness (QED) is 0.450. The maximum absolute atomic E-state index is 13.1. The molecule has 1 N–H and O–H groups in total. The number of aromatic nitrogens is 3. The zero-order chi connectivity index (χ0) is 22.9. The van der Waals surface area contributed by atoms with Gasteiger partial charge in [-0.25, -0.2) is 9.11 Å². The average molecular weight is 466 g/mol. The normalized spacial score (nSPS) is 22.8. The average Bonchev–Trinajstić information content (AvgIpc) is 3.08. The smallest absolute Gasteiger partial charge is 0.304 e. The molecule has 0 bridgehead atoms. The molecular formula is C22H32FN5O3S. The highest BCUT2D eigenvalue weighted by atomic mass is 32.2. The summed E-state index contributed by atoms with van der Waals surface area (Å²) in [6.07, 6.45) is 7.02. The molecule has 0 spiro atoms. The van der Waals surface area contributed by atoms with E-state index in [9.17, 15) is 12.8 Å². The molecule has 1 aliphatic heterocycles. The Bertz CT molecular complexity index is 1080. The van der Waals surface area contributed by atoms with E-state index in [1.807, 2.05) is 6.92 Å². The minimum absolute atomic E-state index is 0.0789. The van der Waals surface area contributed by atoms with Crippen molar-refractivity contribution in [2.45, 2.75) is 58.5 Å². The predicted octanol–water partition coefficient (Wildman–Crippen LogP) is 3.75. The first kappa shape index (κ1) is 23.0. The Morgan fingerprint density at radius 2 is 2.09 bits per heavy atom. The van der Waals surface area contributed by atoms with Crippen LogP contribution in [0.4, 0.5) is 10.3 Å². The van der Waals surface area contributed by atoms with Gasteiger partial charge in [0.1, 0.15) is 11.9 Å². The summed E-state index contributed by atoms with van der Waals surface area (Å²) in [5.74, 6) is 2.23. The van der Waals surface area contributed by atoms with Crippen LogP contribution in [0.1, 0.15) is 51.5 Å². The molecule has 3 heterocycles. The molecule has 0 aromatic carbocycles. The molecule has 1 saturated carbocycles. The molecule has 8 nitrogen and oxygen atoms in total. The molecule has 0 amide bonds. The number of ether oxygens (including phenoxy) is 1. The predicted molar refractivity (Wildman–Crippen MR) is 122 cm³/mol. The molecule has 4 rings (SSSR count). The maximum Gasteiger partial charge on any atom is 0.304 e. The maximum atomic E-state index is 13.1. The van der Waals surface area contributed by atoms with Crippen molar-refractivity contribution in [1.82, 2.24) is 18.9 Å². The van der Waals surface area contributed by atoms with Gasteiger partial charge in [0.2, 0.25) is 5.95 Å². The van der Waals surface area contributed by atoms with Crippen molar-refractivity contribution in [1.29, 1.82) is 0 Å². The van der Waals surface area contributed by atoms with Crippen LogP contribution in [0.3, 0.4) is 0 Å². The second-order valence-corrected chi connectivity index (χ2v) is 10.8. The van der Waals surface area contributed by atoms with Crippen LogP contribution < -0.4 is 9.46 Å². The Morgan fingerprint density at radius 3 is 2.78 bits per heavy atom. The van der Waals surface area contributed by atoms with Crippen molar-refractivity contribution >= 4 is 21.8 Å². The van der Waals surface area contributed by atoms with Gasteiger partial charge in [0.25, 0.3) is 0 Å². The van der Waals surface area contributed by atoms with E-state index in [0.29, 0.717) is 24.6 Å². The molecule has 10 heteroatoms. The van der Waals surface area contributed by atoms with Crippen molar-refractivity contribution in [2.24, 2.45) is 11.8 Å². The van der Waals surface area contributed by atoms with Crippen LogP contribution in [-0.4, -0.2) is 53.2 Å². The third-order valence-electron chi connectivity index (χ3n) is 6.29. The van der Waals surface area contributed by atoms with E-state index in [0.717, 1.165) is 47.2 Å². The number of alkyl halides is 1. The fourth-order valence-electron chi connectivity index (χ4n) is 4.69. The molecule has 2 aliphatic rings. The number of rotatable bonds is 9. The molecule has 2 atom stereocenters. The highest BCUT2D eigenvalue weighted by Crippen LogP contribution is 2.34. The first-order valence-corrected chi connectivity index (χ1v) is 12.8. The van der Waals surface area contributed by atoms with Gasteiger partial charge >= 0.3 is 10.2 Å². The summed E-state index contributed by atoms with van der Waals surface area (Å²) >= 11 is 0. The van der Waals surface area contributed by atoms with Gasteiger partial charge in [0.15, 0.2) is 5.65 Å². The number of fused-ring (bicyclic) bond motifs is 1. The Balaban J connectivity index is 1.39. The van der Waals surface area contributed by atoms with E-state index in [-0.39, 0.29) is 19.0 Å². The highest BCUT2D eigenvalue weighted by Gasteiger charge is 2.36. The number of hydrogen-bond donors (Lipinski definition) is 1. The number of allylic oxidation sites excluding steroid dienone is 1. The van der Waals surface area contributed by atoms with Gasteiger partial charge in [-0.05, 0) is 50.4 Å². The minimum Gasteiger partial charge on any atom is -0.493 e. The van der Waals surface area contributed by atoms with Crippen molar-refractivity contribution < 1.29 is 17.5 Å². The third kappa shape index (κ3) is 5.06. The molecule has 2 unspecified atom stereocenters. The van der Waals surface area contributed by atoms with Gasteiger partial charge in [0, 0.05) is 30.9 Å². The molecule has 0 radical (unpaired) electrons. The number of aryl methyl sites for hydroxylation is 1. The van der Waals surface area contributed by atoms with Crippen molar-refractivity contribution in [3.63, 3.8) is 0 Å². The fraction of sp³-hybridized carbons (Fsp3) is 0.636. The first-order chi connectivity index (χ1) is 15.2. The van der Waals surface area contributed by atoms with Crippen LogP contribution in [0.2, 0.25) is 0 Å². The fourth-order valence-corrected chi connectivity index (χ4v) is 5.90. The van der Waals surface area contributed by atoms with E-state index < -0.39 is 16.4 Å². The standard InChI is InChI=1S/C22H32FN5O3S/c1-4-18-12-28-21(24-25-22(28)26-32(29,30)27-13-19(23)14-27)11-20(18)31-7-5-6-17-9-15(2)8-16(3)10-17/h11-12,16-17,19H,2,4-10,13-14H2,1,3H3,(H,25,26). The van der Waals surface area contributed by atoms with E-state index in [1.165, 1.54) is 12.0 Å². The Morgan fingerprint density at radius 1 is 1.31 bits per heavy atom. The lowest BCUT2D eigenvalue weighted by Gasteiger charge is -2.32. The molecule has 1 aliphatic carbocycles. The monoisotopic (exact) mass is 465 g/mol. The Hall–Kier alpha value is -2.20. The van der Waals surface area contributed by atoms with Gasteiger partial charge in [-0.3, -0.25) is 4.40 Å². The van der Waals surface area contributed by atoms with Crippen LogP contribution in [0, 0.1) is 11.8 Å². The lowest BCUT2D eigenvalue weighted by molar-refractivity contribution is 0.142. The number of nitrogens with zero attached hydrogens (tertiary/aromatic N) is 4. The summed E-state index contributed by atoms with van der Waals surface area (Å²) in [6.45, 7) is 8.83. The molecule has 176 valence electrons. The molecule has 2 fully saturated rings. The van der Waals surface area contributed by atoms with Crippen LogP contribution in [-0.2, 0) is 16.6 Å². The van der Waals surface area contributed by atoms with Crippen LogP contribution in [0.15, 0.2) is 24.4 Å². The molecule has 1 saturated heterocycles. The Kier molecular flexibility index (Phi) is 6.71. The second kappa shape index (κ2) is 9.35. The van der Waals surface area contributed by atoms with E-state index in [1.54, 1.807) is 16.7 Å². The number of halogens is 1. The number of hydrogen-bond acceptors (Lipinski definition) is 5. The first-order valence-electron chi connectivity index (χ1n) is 11.3. The SMILES string of the molecule is C=C1CC(C)CC(CCCOc2cc3nnc(NS(=O)(=O)N4CC(F)C4)n3cc2CC)C1. The van der Waals surface area contributed by atoms with E-state index in [4.69, 9.17) is 4.74 Å². The van der Waals surface area contributed by atoms with Crippen LogP contribution in [0.25, 0.3) is 5.65 Å². The summed E-state index contributed by atoms with van der Waals surface area (Å²) in [5, 5.41) is 8.05. The zero-order valence-corrected chi connectivity index (χ0v) is 19.6. The van der Waals surface area contributed by atoms with Crippen LogP contribution in [0.5, 0.6) is 5.75 Å². The highest BCUT2D eigenvalue weighted by molar-refractivity contribution is 7.90. The number of pyridine rings is 1. The molecular weight excluding hydrogens is 433 g/mol. The third-order valence-corrected chi connectivity index (χ3v) is 7.71. The van der Waals surface area contributed by atoms with Crippen molar-refractivity contribution in [3.8, 4) is 5.75 Å². The number of nitrogens with one attached hydrogen (secondary N) is 1. The minimum atomic E-state index is -3.85. The summed E-state index contributed by atoms with van der Waals surface area (Å²) in [7, 11) is -3.85. The van der Waals surface area contributed by atoms with Crippen molar-refractivity contribution in [3.05, 3.63) is 30.0 Å².